The fourth-order valence-corrected chi connectivity index (χ4v) is 1.71. The average Bonchev–Trinajstić information content (AvgIpc) is 2.69. The highest BCUT2D eigenvalue weighted by molar-refractivity contribution is 5.66. The first kappa shape index (κ1) is 8.91. The van der Waals surface area contributed by atoms with Crippen LogP contribution < -0.4 is 0 Å². The second-order valence-electron chi connectivity index (χ2n) is 3.46. The lowest BCUT2D eigenvalue weighted by Crippen LogP contribution is -1.88. The van der Waals surface area contributed by atoms with Gasteiger partial charge >= 0.3 is 0 Å². The van der Waals surface area contributed by atoms with Crippen LogP contribution in [0.1, 0.15) is 0 Å². The molecule has 2 aromatic heterocycles. The highest BCUT2D eigenvalue weighted by Crippen LogP contribution is 2.25. The van der Waals surface area contributed by atoms with Gasteiger partial charge in [0.1, 0.15) is 11.3 Å². The summed E-state index contributed by atoms with van der Waals surface area (Å²) in [5, 5.41) is 9.68. The lowest BCUT2D eigenvalue weighted by Gasteiger charge is -1.99. The van der Waals surface area contributed by atoms with Crippen molar-refractivity contribution in [3.8, 4) is 17.3 Å². The van der Waals surface area contributed by atoms with Crippen LogP contribution in [0.2, 0.25) is 0 Å². The zero-order valence-electron chi connectivity index (χ0n) is 8.41. The molecule has 0 radical (unpaired) electrons. The number of aromatic nitrogens is 3. The van der Waals surface area contributed by atoms with Crippen LogP contribution in [0, 0.1) is 0 Å². The zero-order valence-corrected chi connectivity index (χ0v) is 8.41. The topological polar surface area (TPSA) is 50.4 Å². The Kier molecular flexibility index (Phi) is 1.86. The van der Waals surface area contributed by atoms with Gasteiger partial charge in [0.05, 0.1) is 6.20 Å². The maximum Gasteiger partial charge on any atom is 0.239 e. The third-order valence-corrected chi connectivity index (χ3v) is 2.46. The summed E-state index contributed by atoms with van der Waals surface area (Å²) in [7, 11) is 0. The molecule has 3 aromatic rings. The third kappa shape index (κ3) is 1.24. The van der Waals surface area contributed by atoms with Crippen molar-refractivity contribution in [2.75, 3.05) is 0 Å². The van der Waals surface area contributed by atoms with E-state index in [1.54, 1.807) is 18.6 Å². The van der Waals surface area contributed by atoms with E-state index in [1.807, 2.05) is 34.7 Å². The van der Waals surface area contributed by atoms with E-state index in [0.29, 0.717) is 5.52 Å². The Bertz CT molecular complexity index is 631. The van der Waals surface area contributed by atoms with Crippen molar-refractivity contribution in [1.29, 1.82) is 0 Å². The molecule has 1 N–H and O–H groups in total. The molecule has 0 fully saturated rings. The van der Waals surface area contributed by atoms with E-state index in [0.717, 1.165) is 11.4 Å². The van der Waals surface area contributed by atoms with Crippen molar-refractivity contribution in [2.45, 2.75) is 0 Å². The standard InChI is InChI=1S/C12H9N3O/c16-12-10-8-13-6-7-15(10)11(14-12)9-4-2-1-3-5-9/h1-8,16H. The quantitative estimate of drug-likeness (QED) is 0.670. The van der Waals surface area contributed by atoms with Crippen molar-refractivity contribution in [3.63, 3.8) is 0 Å². The van der Waals surface area contributed by atoms with Crippen molar-refractivity contribution in [1.82, 2.24) is 14.4 Å². The summed E-state index contributed by atoms with van der Waals surface area (Å²) < 4.78 is 1.82. The number of benzene rings is 1. The van der Waals surface area contributed by atoms with Gasteiger partial charge in [-0.25, -0.2) is 0 Å². The Hall–Kier alpha value is -2.36. The smallest absolute Gasteiger partial charge is 0.239 e. The predicted octanol–water partition coefficient (Wildman–Crippen LogP) is 2.10. The van der Waals surface area contributed by atoms with Crippen LogP contribution >= 0.6 is 0 Å². The SMILES string of the molecule is Oc1nc(-c2ccccc2)n2ccncc12. The van der Waals surface area contributed by atoms with Crippen LogP contribution in [0.25, 0.3) is 16.9 Å². The maximum atomic E-state index is 9.68. The van der Waals surface area contributed by atoms with Crippen LogP contribution in [-0.2, 0) is 0 Å². The van der Waals surface area contributed by atoms with E-state index in [1.165, 1.54) is 0 Å². The molecule has 16 heavy (non-hydrogen) atoms. The molecule has 0 atom stereocenters. The molecule has 0 spiro atoms. The Morgan fingerprint density at radius 3 is 2.75 bits per heavy atom. The van der Waals surface area contributed by atoms with Crippen molar-refractivity contribution in [3.05, 3.63) is 48.9 Å². The van der Waals surface area contributed by atoms with Gasteiger partial charge < -0.3 is 5.11 Å². The Balaban J connectivity index is 2.33. The van der Waals surface area contributed by atoms with Gasteiger partial charge in [0.2, 0.25) is 5.88 Å². The predicted molar refractivity (Wildman–Crippen MR) is 60.1 cm³/mol. The Labute approximate surface area is 91.8 Å². The average molecular weight is 211 g/mol. The third-order valence-electron chi connectivity index (χ3n) is 2.46. The second kappa shape index (κ2) is 3.34. The molecule has 4 heteroatoms. The summed E-state index contributed by atoms with van der Waals surface area (Å²) in [4.78, 5) is 8.10. The van der Waals surface area contributed by atoms with E-state index in [9.17, 15) is 5.11 Å². The maximum absolute atomic E-state index is 9.68. The van der Waals surface area contributed by atoms with E-state index in [-0.39, 0.29) is 5.88 Å². The fraction of sp³-hybridized carbons (Fsp3) is 0. The van der Waals surface area contributed by atoms with Crippen molar-refractivity contribution in [2.24, 2.45) is 0 Å². The van der Waals surface area contributed by atoms with Gasteiger partial charge in [0.25, 0.3) is 0 Å². The highest BCUT2D eigenvalue weighted by Gasteiger charge is 2.10. The van der Waals surface area contributed by atoms with Crippen molar-refractivity contribution >= 4 is 5.52 Å². The van der Waals surface area contributed by atoms with Gasteiger partial charge in [-0.1, -0.05) is 30.3 Å². The van der Waals surface area contributed by atoms with Gasteiger partial charge in [-0.15, -0.1) is 0 Å². The molecule has 4 nitrogen and oxygen atoms in total. The summed E-state index contributed by atoms with van der Waals surface area (Å²) in [5.41, 5.74) is 1.57. The number of fused-ring (bicyclic) bond motifs is 1. The van der Waals surface area contributed by atoms with Gasteiger partial charge in [-0.3, -0.25) is 9.38 Å². The molecule has 0 aliphatic heterocycles. The summed E-state index contributed by atoms with van der Waals surface area (Å²) >= 11 is 0. The molecular weight excluding hydrogens is 202 g/mol. The van der Waals surface area contributed by atoms with E-state index in [4.69, 9.17) is 0 Å². The molecule has 1 aromatic carbocycles. The van der Waals surface area contributed by atoms with Gasteiger partial charge in [-0.05, 0) is 0 Å². The van der Waals surface area contributed by atoms with Gasteiger partial charge in [0, 0.05) is 18.0 Å². The minimum absolute atomic E-state index is 0.00644. The summed E-state index contributed by atoms with van der Waals surface area (Å²) in [5.74, 6) is 0.724. The summed E-state index contributed by atoms with van der Waals surface area (Å²) in [6.07, 6.45) is 5.04. The highest BCUT2D eigenvalue weighted by atomic mass is 16.3. The minimum Gasteiger partial charge on any atom is -0.492 e. The Morgan fingerprint density at radius 1 is 1.12 bits per heavy atom. The summed E-state index contributed by atoms with van der Waals surface area (Å²) in [6.45, 7) is 0. The first-order valence-corrected chi connectivity index (χ1v) is 4.93. The number of aromatic hydroxyl groups is 1. The largest absolute Gasteiger partial charge is 0.492 e. The molecule has 0 aliphatic rings. The van der Waals surface area contributed by atoms with Crippen LogP contribution in [0.4, 0.5) is 0 Å². The van der Waals surface area contributed by atoms with Crippen LogP contribution in [0.5, 0.6) is 5.88 Å². The summed E-state index contributed by atoms with van der Waals surface area (Å²) in [6, 6.07) is 9.73. The minimum atomic E-state index is 0.00644. The zero-order chi connectivity index (χ0) is 11.0. The van der Waals surface area contributed by atoms with Gasteiger partial charge in [-0.2, -0.15) is 4.98 Å². The number of hydrogen-bond acceptors (Lipinski definition) is 3. The fourth-order valence-electron chi connectivity index (χ4n) is 1.71. The van der Waals surface area contributed by atoms with Crippen LogP contribution in [0.15, 0.2) is 48.9 Å². The van der Waals surface area contributed by atoms with Crippen molar-refractivity contribution < 1.29 is 5.11 Å². The molecule has 0 aliphatic carbocycles. The molecule has 0 saturated heterocycles. The van der Waals surface area contributed by atoms with Gasteiger partial charge in [0.15, 0.2) is 0 Å². The lowest BCUT2D eigenvalue weighted by atomic mass is 10.2. The lowest BCUT2D eigenvalue weighted by molar-refractivity contribution is 0.462. The van der Waals surface area contributed by atoms with Crippen LogP contribution in [0.3, 0.4) is 0 Å². The van der Waals surface area contributed by atoms with Crippen LogP contribution in [-0.4, -0.2) is 19.5 Å². The Morgan fingerprint density at radius 2 is 1.94 bits per heavy atom. The molecule has 0 saturated carbocycles. The number of imidazole rings is 1. The number of hydrogen-bond donors (Lipinski definition) is 1. The molecule has 3 rings (SSSR count). The van der Waals surface area contributed by atoms with E-state index in [2.05, 4.69) is 9.97 Å². The van der Waals surface area contributed by atoms with E-state index < -0.39 is 0 Å². The monoisotopic (exact) mass is 211 g/mol. The molecule has 0 unspecified atom stereocenters. The normalized spacial score (nSPS) is 10.8. The first-order valence-electron chi connectivity index (χ1n) is 4.93. The molecule has 0 amide bonds. The molecular formula is C12H9N3O. The molecule has 2 heterocycles. The van der Waals surface area contributed by atoms with E-state index >= 15 is 0 Å². The number of nitrogens with zero attached hydrogens (tertiary/aromatic N) is 3. The molecule has 0 bridgehead atoms. The first-order chi connectivity index (χ1) is 7.86. The second-order valence-corrected chi connectivity index (χ2v) is 3.46. The molecule has 78 valence electrons. The number of rotatable bonds is 1.